The van der Waals surface area contributed by atoms with Crippen LogP contribution in [0.1, 0.15) is 120 Å². The third-order valence-electron chi connectivity index (χ3n) is 13.6. The second-order valence-corrected chi connectivity index (χ2v) is 21.5. The molecule has 18 N–H and O–H groups in total. The van der Waals surface area contributed by atoms with Gasteiger partial charge in [0.1, 0.15) is 60.4 Å². The van der Waals surface area contributed by atoms with Crippen LogP contribution in [-0.4, -0.2) is 236 Å². The molecule has 0 spiro atoms. The Bertz CT molecular complexity index is 2330. The maximum absolute atomic E-state index is 13.7. The summed E-state index contributed by atoms with van der Waals surface area (Å²) in [5.41, 5.74) is 0. The molecule has 0 aromatic rings. The lowest BCUT2D eigenvalue weighted by molar-refractivity contribution is -0.145. The Morgan fingerprint density at radius 3 is 0.856 bits per heavy atom. The lowest BCUT2D eigenvalue weighted by Crippen LogP contribution is -2.60. The van der Waals surface area contributed by atoms with E-state index in [0.717, 1.165) is 0 Å². The molecule has 0 aliphatic rings. The van der Waals surface area contributed by atoms with Crippen molar-refractivity contribution in [2.45, 2.75) is 180 Å². The standard InChI is InChI=1S/C54H88N10O26/c1-9-27(7)43(51(83)55-29(11-13-37(69)70)45(77)59-33(23-65)49(81)57-31(21-39(73)74)47(79)63-41(25(3)4)53(85)86)61-35(67)15-17-89-19-20-90-18-16-36(68)62-44(28(8)10-2)52(84)56-30(12-14-38(71)72)46(78)60-34(24-66)50(82)58-32(22-40(75)76)48(80)64-42(26(5)6)54(87)88/h25-34,41-44,65-66H,9-24H2,1-8H3,(H,55,83)(H,56,84)(H,57,81)(H,58,82)(H,59,77)(H,60,78)(H,61,67)(H,62,68)(H,63,79)(H,64,80)(H,69,70)(H,71,72)(H,73,74)(H,75,76)(H,85,86)(H,87,88)/t27-,28-,29-,30-,31-,32-,33-,34-,41-,42-,43-,44-/m0/s1. The number of rotatable bonds is 47. The number of carbonyl (C=O) groups excluding carboxylic acids is 10. The zero-order chi connectivity index (χ0) is 69.1. The number of aliphatic hydroxyl groups excluding tert-OH is 2. The number of hydrogen-bond donors (Lipinski definition) is 18. The quantitative estimate of drug-likeness (QED) is 0.0253. The number of ether oxygens (including phenoxy) is 2. The number of hydrogen-bond acceptors (Lipinski definition) is 20. The van der Waals surface area contributed by atoms with E-state index in [9.17, 15) is 118 Å². The first kappa shape index (κ1) is 81.4. The first-order chi connectivity index (χ1) is 42.0. The van der Waals surface area contributed by atoms with E-state index in [-0.39, 0.29) is 39.3 Å². The summed E-state index contributed by atoms with van der Waals surface area (Å²) in [6, 6.07) is -16.7. The fraction of sp³-hybridized carbons (Fsp3) is 0.704. The summed E-state index contributed by atoms with van der Waals surface area (Å²) in [5, 5.41) is 98.7. The Morgan fingerprint density at radius 1 is 0.322 bits per heavy atom. The van der Waals surface area contributed by atoms with E-state index < -0.39 is 231 Å². The van der Waals surface area contributed by atoms with Gasteiger partial charge in [-0.15, -0.1) is 0 Å². The second kappa shape index (κ2) is 42.3. The van der Waals surface area contributed by atoms with Gasteiger partial charge in [0.15, 0.2) is 0 Å². The smallest absolute Gasteiger partial charge is 0.326 e. The largest absolute Gasteiger partial charge is 0.481 e. The molecular formula is C54H88N10O26. The van der Waals surface area contributed by atoms with Crippen molar-refractivity contribution in [2.24, 2.45) is 23.7 Å². The van der Waals surface area contributed by atoms with E-state index in [1.165, 1.54) is 27.7 Å². The summed E-state index contributed by atoms with van der Waals surface area (Å²) >= 11 is 0. The molecule has 0 saturated heterocycles. The van der Waals surface area contributed by atoms with Crippen LogP contribution in [0.5, 0.6) is 0 Å². The second-order valence-electron chi connectivity index (χ2n) is 21.5. The maximum atomic E-state index is 13.7. The molecular weight excluding hydrogens is 1200 g/mol. The van der Waals surface area contributed by atoms with Crippen LogP contribution in [0.25, 0.3) is 0 Å². The van der Waals surface area contributed by atoms with Crippen molar-refractivity contribution < 1.29 is 127 Å². The van der Waals surface area contributed by atoms with Crippen molar-refractivity contribution in [3.05, 3.63) is 0 Å². The summed E-state index contributed by atoms with van der Waals surface area (Å²) in [6.45, 7) is 9.32. The molecule has 12 atom stereocenters. The van der Waals surface area contributed by atoms with Crippen LogP contribution >= 0.6 is 0 Å². The normalized spacial score (nSPS) is 15.1. The molecule has 36 nitrogen and oxygen atoms in total. The molecule has 0 aromatic heterocycles. The zero-order valence-electron chi connectivity index (χ0n) is 51.3. The SMILES string of the molecule is CC[C@H](C)[C@H](NC(=O)CCOCCOCCC(=O)N[C@H](C(=O)N[C@@H](CCC(=O)O)C(=O)N[C@@H](CO)C(=O)N[C@@H](CC(=O)O)C(=O)N[C@H](C(=O)O)C(C)C)[C@@H](C)CC)C(=O)N[C@@H](CCC(=O)O)C(=O)N[C@@H](CO)C(=O)N[C@@H](CC(=O)O)C(=O)N[C@H](C(=O)O)C(C)C. The molecule has 510 valence electrons. The van der Waals surface area contributed by atoms with Gasteiger partial charge in [0.05, 0.1) is 52.5 Å². The van der Waals surface area contributed by atoms with Crippen LogP contribution in [-0.2, 0) is 86.2 Å². The Balaban J connectivity index is 5.72. The average Bonchev–Trinajstić information content (AvgIpc) is 1.38. The van der Waals surface area contributed by atoms with Gasteiger partial charge in [0.25, 0.3) is 0 Å². The Kier molecular flexibility index (Phi) is 38.3. The molecule has 0 unspecified atom stereocenters. The monoisotopic (exact) mass is 1290 g/mol. The predicted molar refractivity (Wildman–Crippen MR) is 306 cm³/mol. The van der Waals surface area contributed by atoms with Gasteiger partial charge in [0, 0.05) is 25.7 Å². The van der Waals surface area contributed by atoms with E-state index >= 15 is 0 Å². The number of nitrogens with one attached hydrogen (secondary N) is 10. The molecule has 0 rings (SSSR count). The van der Waals surface area contributed by atoms with Crippen LogP contribution in [0.2, 0.25) is 0 Å². The van der Waals surface area contributed by atoms with Crippen molar-refractivity contribution in [2.75, 3.05) is 39.6 Å². The highest BCUT2D eigenvalue weighted by Crippen LogP contribution is 2.13. The van der Waals surface area contributed by atoms with Gasteiger partial charge >= 0.3 is 35.8 Å². The van der Waals surface area contributed by atoms with Crippen molar-refractivity contribution in [1.82, 2.24) is 53.2 Å². The van der Waals surface area contributed by atoms with Crippen molar-refractivity contribution in [1.29, 1.82) is 0 Å². The number of carbonyl (C=O) groups is 16. The topological polar surface area (TPSA) is 574 Å². The number of amides is 10. The third-order valence-corrected chi connectivity index (χ3v) is 13.6. The zero-order valence-corrected chi connectivity index (χ0v) is 51.3. The highest BCUT2D eigenvalue weighted by Gasteiger charge is 2.37. The molecule has 0 bridgehead atoms. The Morgan fingerprint density at radius 2 is 0.600 bits per heavy atom. The minimum Gasteiger partial charge on any atom is -0.481 e. The number of carboxylic acid groups (broad SMARTS) is 6. The van der Waals surface area contributed by atoms with Crippen molar-refractivity contribution >= 4 is 94.9 Å². The van der Waals surface area contributed by atoms with Crippen LogP contribution < -0.4 is 53.2 Å². The number of aliphatic carboxylic acids is 6. The molecule has 90 heavy (non-hydrogen) atoms. The molecule has 0 heterocycles. The molecule has 0 radical (unpaired) electrons. The molecule has 0 aliphatic carbocycles. The minimum absolute atomic E-state index is 0.117. The van der Waals surface area contributed by atoms with Crippen molar-refractivity contribution in [3.8, 4) is 0 Å². The molecule has 0 fully saturated rings. The lowest BCUT2D eigenvalue weighted by Gasteiger charge is -2.27. The first-order valence-electron chi connectivity index (χ1n) is 28.8. The van der Waals surface area contributed by atoms with Crippen LogP contribution in [0.4, 0.5) is 0 Å². The third kappa shape index (κ3) is 31.5. The summed E-state index contributed by atoms with van der Waals surface area (Å²) in [5.74, 6) is -22.3. The van der Waals surface area contributed by atoms with Gasteiger partial charge in [0.2, 0.25) is 59.1 Å². The maximum Gasteiger partial charge on any atom is 0.326 e. The summed E-state index contributed by atoms with van der Waals surface area (Å²) in [4.78, 5) is 202. The molecule has 0 saturated carbocycles. The molecule has 0 aliphatic heterocycles. The van der Waals surface area contributed by atoms with Crippen LogP contribution in [0.15, 0.2) is 0 Å². The highest BCUT2D eigenvalue weighted by molar-refractivity contribution is 5.99. The first-order valence-corrected chi connectivity index (χ1v) is 28.8. The van der Waals surface area contributed by atoms with E-state index in [1.807, 2.05) is 10.6 Å². The predicted octanol–water partition coefficient (Wildman–Crippen LogP) is -5.12. The van der Waals surface area contributed by atoms with E-state index in [0.29, 0.717) is 12.8 Å². The van der Waals surface area contributed by atoms with Gasteiger partial charge in [-0.25, -0.2) is 9.59 Å². The van der Waals surface area contributed by atoms with E-state index in [2.05, 4.69) is 42.5 Å². The van der Waals surface area contributed by atoms with Gasteiger partial charge in [-0.05, 0) is 36.5 Å². The van der Waals surface area contributed by atoms with Crippen molar-refractivity contribution in [3.63, 3.8) is 0 Å². The molecule has 10 amide bonds. The van der Waals surface area contributed by atoms with Gasteiger partial charge in [-0.2, -0.15) is 0 Å². The van der Waals surface area contributed by atoms with Crippen LogP contribution in [0.3, 0.4) is 0 Å². The number of carboxylic acids is 6. The Hall–Kier alpha value is -8.64. The Labute approximate surface area is 517 Å². The van der Waals surface area contributed by atoms with E-state index in [4.69, 9.17) is 9.47 Å². The summed E-state index contributed by atoms with van der Waals surface area (Å²) in [6.07, 6.45) is -4.73. The lowest BCUT2D eigenvalue weighted by atomic mass is 9.97. The van der Waals surface area contributed by atoms with Gasteiger partial charge in [-0.3, -0.25) is 67.1 Å². The summed E-state index contributed by atoms with van der Waals surface area (Å²) in [7, 11) is 0. The van der Waals surface area contributed by atoms with Crippen LogP contribution in [0, 0.1) is 23.7 Å². The van der Waals surface area contributed by atoms with Gasteiger partial charge in [-0.1, -0.05) is 68.2 Å². The minimum atomic E-state index is -1.92. The highest BCUT2D eigenvalue weighted by atomic mass is 16.5. The fourth-order valence-electron chi connectivity index (χ4n) is 7.92. The molecule has 0 aromatic carbocycles. The summed E-state index contributed by atoms with van der Waals surface area (Å²) < 4.78 is 10.9. The van der Waals surface area contributed by atoms with Gasteiger partial charge < -0.3 is 103 Å². The van der Waals surface area contributed by atoms with E-state index in [1.54, 1.807) is 27.7 Å². The number of aliphatic hydroxyl groups is 2. The average molecular weight is 1290 g/mol. The fourth-order valence-corrected chi connectivity index (χ4v) is 7.92. The molecule has 36 heteroatoms.